The van der Waals surface area contributed by atoms with Crippen LogP contribution in [0, 0.1) is 18.3 Å². The maximum Gasteiger partial charge on any atom is 0.220 e. The molecule has 5 rings (SSSR count). The molecule has 266 valence electrons. The first kappa shape index (κ1) is 37.6. The molecule has 2 N–H and O–H groups in total. The minimum atomic E-state index is 0.0415. The lowest BCUT2D eigenvalue weighted by molar-refractivity contribution is -0.125. The van der Waals surface area contributed by atoms with Gasteiger partial charge in [0.1, 0.15) is 0 Å². The first-order valence-corrected chi connectivity index (χ1v) is 19.3. The second kappa shape index (κ2) is 20.2. The smallest absolute Gasteiger partial charge is 0.220 e. The second-order valence-corrected chi connectivity index (χ2v) is 14.4. The maximum absolute atomic E-state index is 12.8. The molecule has 0 heterocycles. The summed E-state index contributed by atoms with van der Waals surface area (Å²) < 4.78 is 0. The Morgan fingerprint density at radius 1 is 0.549 bits per heavy atom. The molecule has 1 aliphatic rings. The van der Waals surface area contributed by atoms with Crippen LogP contribution >= 0.6 is 0 Å². The topological polar surface area (TPSA) is 82.0 Å². The number of carbonyl (C=O) groups is 2. The highest BCUT2D eigenvalue weighted by Crippen LogP contribution is 2.23. The van der Waals surface area contributed by atoms with Crippen molar-refractivity contribution in [2.24, 2.45) is 0 Å². The van der Waals surface area contributed by atoms with E-state index in [9.17, 15) is 9.59 Å². The Kier molecular flexibility index (Phi) is 14.9. The van der Waals surface area contributed by atoms with E-state index in [-0.39, 0.29) is 23.9 Å². The lowest BCUT2D eigenvalue weighted by Gasteiger charge is -2.33. The second-order valence-electron chi connectivity index (χ2n) is 14.4. The molecule has 0 bridgehead atoms. The molecule has 1 saturated carbocycles. The van der Waals surface area contributed by atoms with Crippen molar-refractivity contribution >= 4 is 11.8 Å². The van der Waals surface area contributed by atoms with Crippen LogP contribution < -0.4 is 10.6 Å². The fourth-order valence-electron chi connectivity index (χ4n) is 7.18. The SMILES string of the molecule is Cc1ccc(-c2ccc(CCCCCCC(=O)NC3CCCCC3NC(=O)CCCCCCc3ccc(-c4ccc(C#N)cc4)cc3)cc2)cc1. The minimum absolute atomic E-state index is 0.0415. The molecule has 5 nitrogen and oxygen atoms in total. The number of hydrogen-bond acceptors (Lipinski definition) is 3. The number of aryl methyl sites for hydroxylation is 3. The minimum Gasteiger partial charge on any atom is -0.351 e. The van der Waals surface area contributed by atoms with Gasteiger partial charge in [0.05, 0.1) is 11.6 Å². The Labute approximate surface area is 305 Å². The van der Waals surface area contributed by atoms with Gasteiger partial charge in [-0.1, -0.05) is 129 Å². The summed E-state index contributed by atoms with van der Waals surface area (Å²) in [5.74, 6) is 0.237. The third kappa shape index (κ3) is 12.5. The quantitative estimate of drug-likeness (QED) is 0.103. The molecule has 1 aliphatic carbocycles. The molecule has 4 aromatic carbocycles. The van der Waals surface area contributed by atoms with Gasteiger partial charge in [-0.2, -0.15) is 5.26 Å². The summed E-state index contributed by atoms with van der Waals surface area (Å²) in [6.07, 6.45) is 15.7. The molecule has 0 aromatic heterocycles. The van der Waals surface area contributed by atoms with Gasteiger partial charge >= 0.3 is 0 Å². The first-order valence-electron chi connectivity index (χ1n) is 19.3. The normalized spacial score (nSPS) is 15.5. The van der Waals surface area contributed by atoms with Crippen molar-refractivity contribution in [3.8, 4) is 28.3 Å². The Hall–Kier alpha value is -4.69. The van der Waals surface area contributed by atoms with Crippen LogP contribution in [-0.2, 0) is 22.4 Å². The molecule has 2 amide bonds. The van der Waals surface area contributed by atoms with Gasteiger partial charge in [0, 0.05) is 24.9 Å². The number of unbranched alkanes of at least 4 members (excludes halogenated alkanes) is 6. The highest BCUT2D eigenvalue weighted by Gasteiger charge is 2.27. The number of nitriles is 1. The molecule has 2 atom stereocenters. The van der Waals surface area contributed by atoms with Crippen LogP contribution in [-0.4, -0.2) is 23.9 Å². The predicted molar refractivity (Wildman–Crippen MR) is 209 cm³/mol. The van der Waals surface area contributed by atoms with Crippen molar-refractivity contribution in [1.82, 2.24) is 10.6 Å². The van der Waals surface area contributed by atoms with E-state index in [4.69, 9.17) is 5.26 Å². The van der Waals surface area contributed by atoms with Crippen molar-refractivity contribution in [2.45, 2.75) is 122 Å². The Morgan fingerprint density at radius 2 is 0.922 bits per heavy atom. The third-order valence-corrected chi connectivity index (χ3v) is 10.3. The van der Waals surface area contributed by atoms with Gasteiger partial charge < -0.3 is 10.6 Å². The number of nitrogens with one attached hydrogen (secondary N) is 2. The van der Waals surface area contributed by atoms with E-state index in [0.29, 0.717) is 18.4 Å². The van der Waals surface area contributed by atoms with Gasteiger partial charge in [-0.25, -0.2) is 0 Å². The van der Waals surface area contributed by atoms with Gasteiger partial charge in [0.2, 0.25) is 11.8 Å². The highest BCUT2D eigenvalue weighted by atomic mass is 16.2. The Bertz CT molecular complexity index is 1690. The van der Waals surface area contributed by atoms with Crippen LogP contribution in [0.4, 0.5) is 0 Å². The largest absolute Gasteiger partial charge is 0.351 e. The fraction of sp³-hybridized carbons (Fsp3) is 0.413. The molecule has 0 saturated heterocycles. The van der Waals surface area contributed by atoms with E-state index in [0.717, 1.165) is 101 Å². The van der Waals surface area contributed by atoms with E-state index >= 15 is 0 Å². The molecule has 0 spiro atoms. The predicted octanol–water partition coefficient (Wildman–Crippen LogP) is 10.4. The summed E-state index contributed by atoms with van der Waals surface area (Å²) in [6.45, 7) is 2.11. The average molecular weight is 682 g/mol. The average Bonchev–Trinajstić information content (AvgIpc) is 3.16. The van der Waals surface area contributed by atoms with E-state index < -0.39 is 0 Å². The standard InChI is InChI=1S/C46H55N3O2/c1-35-18-26-39(27-19-35)40-28-20-36(21-29-40)12-6-2-4-8-16-45(50)48-43-14-10-11-15-44(43)49-46(51)17-9-5-3-7-13-37-22-30-41(31-23-37)42-32-24-38(34-47)25-33-42/h18-33,43-44H,2-17H2,1H3,(H,48,50)(H,49,51). The first-order chi connectivity index (χ1) is 25.0. The highest BCUT2D eigenvalue weighted by molar-refractivity contribution is 5.78. The van der Waals surface area contributed by atoms with E-state index in [2.05, 4.69) is 96.4 Å². The molecule has 4 aromatic rings. The van der Waals surface area contributed by atoms with Gasteiger partial charge in [0.15, 0.2) is 0 Å². The summed E-state index contributed by atoms with van der Waals surface area (Å²) in [5.41, 5.74) is 9.44. The number of carbonyl (C=O) groups excluding carboxylic acids is 2. The van der Waals surface area contributed by atoms with E-state index in [1.807, 2.05) is 24.3 Å². The molecule has 5 heteroatoms. The Balaban J connectivity index is 0.902. The number of benzene rings is 4. The van der Waals surface area contributed by atoms with Crippen LogP contribution in [0.25, 0.3) is 22.3 Å². The van der Waals surface area contributed by atoms with E-state index in [1.54, 1.807) is 0 Å². The number of hydrogen-bond donors (Lipinski definition) is 2. The molecule has 0 radical (unpaired) electrons. The maximum atomic E-state index is 12.8. The summed E-state index contributed by atoms with van der Waals surface area (Å²) in [5, 5.41) is 15.5. The summed E-state index contributed by atoms with van der Waals surface area (Å²) in [4.78, 5) is 25.6. The molecular formula is C46H55N3O2. The summed E-state index contributed by atoms with van der Waals surface area (Å²) in [6, 6.07) is 36.2. The molecule has 1 fully saturated rings. The lowest BCUT2D eigenvalue weighted by Crippen LogP contribution is -2.53. The molecule has 51 heavy (non-hydrogen) atoms. The third-order valence-electron chi connectivity index (χ3n) is 10.3. The summed E-state index contributed by atoms with van der Waals surface area (Å²) in [7, 11) is 0. The molecule has 2 unspecified atom stereocenters. The van der Waals surface area contributed by atoms with E-state index in [1.165, 1.54) is 27.8 Å². The van der Waals surface area contributed by atoms with Crippen molar-refractivity contribution in [3.63, 3.8) is 0 Å². The zero-order valence-electron chi connectivity index (χ0n) is 30.5. The number of rotatable bonds is 18. The van der Waals surface area contributed by atoms with Gasteiger partial charge in [0.25, 0.3) is 0 Å². The van der Waals surface area contributed by atoms with Crippen molar-refractivity contribution in [3.05, 3.63) is 119 Å². The zero-order valence-corrected chi connectivity index (χ0v) is 30.5. The van der Waals surface area contributed by atoms with Crippen molar-refractivity contribution in [1.29, 1.82) is 5.26 Å². The number of amides is 2. The van der Waals surface area contributed by atoms with Gasteiger partial charge in [-0.05, 0) is 104 Å². The lowest BCUT2D eigenvalue weighted by atomic mass is 9.90. The van der Waals surface area contributed by atoms with Gasteiger partial charge in [-0.15, -0.1) is 0 Å². The molecule has 0 aliphatic heterocycles. The monoisotopic (exact) mass is 681 g/mol. The van der Waals surface area contributed by atoms with Crippen LogP contribution in [0.1, 0.15) is 112 Å². The van der Waals surface area contributed by atoms with Gasteiger partial charge in [-0.3, -0.25) is 9.59 Å². The van der Waals surface area contributed by atoms with Crippen molar-refractivity contribution < 1.29 is 9.59 Å². The number of nitrogens with zero attached hydrogens (tertiary/aromatic N) is 1. The molecular weight excluding hydrogens is 627 g/mol. The Morgan fingerprint density at radius 3 is 1.33 bits per heavy atom. The van der Waals surface area contributed by atoms with Crippen LogP contribution in [0.3, 0.4) is 0 Å². The van der Waals surface area contributed by atoms with Crippen LogP contribution in [0.5, 0.6) is 0 Å². The fourth-order valence-corrected chi connectivity index (χ4v) is 7.18. The van der Waals surface area contributed by atoms with Crippen LogP contribution in [0.15, 0.2) is 97.1 Å². The van der Waals surface area contributed by atoms with Crippen LogP contribution in [0.2, 0.25) is 0 Å². The zero-order chi connectivity index (χ0) is 35.7. The summed E-state index contributed by atoms with van der Waals surface area (Å²) >= 11 is 0. The van der Waals surface area contributed by atoms with Crippen molar-refractivity contribution in [2.75, 3.05) is 0 Å².